The van der Waals surface area contributed by atoms with Crippen molar-refractivity contribution in [3.63, 3.8) is 0 Å². The second-order valence-electron chi connectivity index (χ2n) is 3.39. The molecular weight excluding hydrogens is 242 g/mol. The number of hydrogen-bond acceptors (Lipinski definition) is 4. The molecule has 0 atom stereocenters. The Morgan fingerprint density at radius 3 is 2.82 bits per heavy atom. The fraction of sp³-hybridized carbons (Fsp3) is 0.182. The SMILES string of the molecule is COc1nc(=O)c(-c2cccc(Cl)c2)nn1C. The molecule has 0 aliphatic heterocycles. The number of methoxy groups -OCH3 is 1. The Morgan fingerprint density at radius 1 is 1.41 bits per heavy atom. The number of ether oxygens (including phenoxy) is 1. The van der Waals surface area contributed by atoms with Crippen LogP contribution in [0.4, 0.5) is 0 Å². The Bertz CT molecular complexity index is 610. The highest BCUT2D eigenvalue weighted by Crippen LogP contribution is 2.18. The summed E-state index contributed by atoms with van der Waals surface area (Å²) in [6.45, 7) is 0. The molecule has 1 heterocycles. The van der Waals surface area contributed by atoms with Crippen molar-refractivity contribution in [3.8, 4) is 17.3 Å². The first kappa shape index (κ1) is 11.6. The number of rotatable bonds is 2. The highest BCUT2D eigenvalue weighted by Gasteiger charge is 2.10. The Labute approximate surface area is 103 Å². The third-order valence-electron chi connectivity index (χ3n) is 2.21. The van der Waals surface area contributed by atoms with E-state index in [1.54, 1.807) is 31.3 Å². The number of halogens is 1. The standard InChI is InChI=1S/C11H10ClN3O2/c1-15-11(17-2)13-10(16)9(14-15)7-4-3-5-8(12)6-7/h3-6H,1-2H3. The topological polar surface area (TPSA) is 57.0 Å². The first-order chi connectivity index (χ1) is 8.11. The van der Waals surface area contributed by atoms with Crippen LogP contribution in [0.1, 0.15) is 0 Å². The molecule has 1 aromatic heterocycles. The van der Waals surface area contributed by atoms with Crippen LogP contribution in [0.15, 0.2) is 29.1 Å². The monoisotopic (exact) mass is 251 g/mol. The molecule has 0 saturated heterocycles. The average molecular weight is 252 g/mol. The molecule has 5 nitrogen and oxygen atoms in total. The van der Waals surface area contributed by atoms with E-state index in [-0.39, 0.29) is 11.7 Å². The van der Waals surface area contributed by atoms with Crippen LogP contribution in [0.5, 0.6) is 6.01 Å². The summed E-state index contributed by atoms with van der Waals surface area (Å²) in [4.78, 5) is 15.5. The average Bonchev–Trinajstić information content (AvgIpc) is 2.31. The van der Waals surface area contributed by atoms with E-state index in [2.05, 4.69) is 10.1 Å². The van der Waals surface area contributed by atoms with Crippen molar-refractivity contribution in [1.29, 1.82) is 0 Å². The maximum Gasteiger partial charge on any atom is 0.316 e. The predicted molar refractivity (Wildman–Crippen MR) is 64.3 cm³/mol. The molecule has 1 aromatic carbocycles. The van der Waals surface area contributed by atoms with Crippen LogP contribution in [0.3, 0.4) is 0 Å². The lowest BCUT2D eigenvalue weighted by molar-refractivity contribution is 0.345. The van der Waals surface area contributed by atoms with Crippen LogP contribution in [0, 0.1) is 0 Å². The Kier molecular flexibility index (Phi) is 3.10. The fourth-order valence-corrected chi connectivity index (χ4v) is 1.63. The third kappa shape index (κ3) is 2.29. The fourth-order valence-electron chi connectivity index (χ4n) is 1.44. The number of nitrogens with zero attached hydrogens (tertiary/aromatic N) is 3. The lowest BCUT2D eigenvalue weighted by atomic mass is 10.2. The van der Waals surface area contributed by atoms with E-state index in [9.17, 15) is 4.79 Å². The van der Waals surface area contributed by atoms with Gasteiger partial charge >= 0.3 is 11.6 Å². The van der Waals surface area contributed by atoms with E-state index in [1.165, 1.54) is 11.8 Å². The molecular formula is C11H10ClN3O2. The van der Waals surface area contributed by atoms with Crippen molar-refractivity contribution >= 4 is 11.6 Å². The first-order valence-electron chi connectivity index (χ1n) is 4.87. The van der Waals surface area contributed by atoms with E-state index >= 15 is 0 Å². The molecule has 0 N–H and O–H groups in total. The van der Waals surface area contributed by atoms with Crippen molar-refractivity contribution in [3.05, 3.63) is 39.6 Å². The molecule has 88 valence electrons. The lowest BCUT2D eigenvalue weighted by Gasteiger charge is -2.06. The molecule has 0 radical (unpaired) electrons. The first-order valence-corrected chi connectivity index (χ1v) is 5.25. The second-order valence-corrected chi connectivity index (χ2v) is 3.82. The van der Waals surface area contributed by atoms with Gasteiger partial charge in [-0.25, -0.2) is 4.68 Å². The number of aryl methyl sites for hydroxylation is 1. The van der Waals surface area contributed by atoms with Crippen LogP contribution in [0.25, 0.3) is 11.3 Å². The molecule has 2 aromatic rings. The second kappa shape index (κ2) is 4.55. The highest BCUT2D eigenvalue weighted by atomic mass is 35.5. The van der Waals surface area contributed by atoms with Gasteiger partial charge < -0.3 is 4.74 Å². The maximum atomic E-state index is 11.8. The number of benzene rings is 1. The van der Waals surface area contributed by atoms with Gasteiger partial charge in [0.2, 0.25) is 0 Å². The predicted octanol–water partition coefficient (Wildman–Crippen LogP) is 1.50. The van der Waals surface area contributed by atoms with Crippen molar-refractivity contribution in [2.75, 3.05) is 7.11 Å². The molecule has 0 aliphatic rings. The number of hydrogen-bond donors (Lipinski definition) is 0. The van der Waals surface area contributed by atoms with Gasteiger partial charge in [-0.2, -0.15) is 10.1 Å². The van der Waals surface area contributed by atoms with E-state index < -0.39 is 5.56 Å². The largest absolute Gasteiger partial charge is 0.467 e. The van der Waals surface area contributed by atoms with E-state index in [4.69, 9.17) is 16.3 Å². The quantitative estimate of drug-likeness (QED) is 0.812. The van der Waals surface area contributed by atoms with Gasteiger partial charge in [0.25, 0.3) is 0 Å². The Hall–Kier alpha value is -1.88. The molecule has 0 saturated carbocycles. The smallest absolute Gasteiger partial charge is 0.316 e. The summed E-state index contributed by atoms with van der Waals surface area (Å²) in [5.74, 6) is 0. The zero-order valence-electron chi connectivity index (χ0n) is 9.35. The van der Waals surface area contributed by atoms with Gasteiger partial charge in [-0.05, 0) is 12.1 Å². The summed E-state index contributed by atoms with van der Waals surface area (Å²) >= 11 is 5.86. The van der Waals surface area contributed by atoms with Crippen LogP contribution in [-0.2, 0) is 7.05 Å². The minimum atomic E-state index is -0.442. The van der Waals surface area contributed by atoms with Gasteiger partial charge in [-0.15, -0.1) is 0 Å². The van der Waals surface area contributed by atoms with Crippen molar-refractivity contribution in [2.45, 2.75) is 0 Å². The van der Waals surface area contributed by atoms with E-state index in [1.807, 2.05) is 0 Å². The minimum Gasteiger partial charge on any atom is -0.467 e. The van der Waals surface area contributed by atoms with E-state index in [0.717, 1.165) is 0 Å². The number of aromatic nitrogens is 3. The van der Waals surface area contributed by atoms with Gasteiger partial charge in [-0.1, -0.05) is 23.7 Å². The summed E-state index contributed by atoms with van der Waals surface area (Å²) in [6, 6.07) is 7.07. The van der Waals surface area contributed by atoms with Gasteiger partial charge in [0, 0.05) is 17.6 Å². The third-order valence-corrected chi connectivity index (χ3v) is 2.44. The zero-order chi connectivity index (χ0) is 12.4. The molecule has 2 rings (SSSR count). The molecule has 0 amide bonds. The Morgan fingerprint density at radius 2 is 2.18 bits per heavy atom. The van der Waals surface area contributed by atoms with Crippen molar-refractivity contribution in [2.24, 2.45) is 7.05 Å². The lowest BCUT2D eigenvalue weighted by Crippen LogP contribution is -2.18. The molecule has 0 unspecified atom stereocenters. The highest BCUT2D eigenvalue weighted by molar-refractivity contribution is 6.30. The van der Waals surface area contributed by atoms with Gasteiger partial charge in [0.15, 0.2) is 5.69 Å². The summed E-state index contributed by atoms with van der Waals surface area (Å²) in [7, 11) is 3.09. The summed E-state index contributed by atoms with van der Waals surface area (Å²) < 4.78 is 6.30. The van der Waals surface area contributed by atoms with Crippen molar-refractivity contribution < 1.29 is 4.74 Å². The Balaban J connectivity index is 2.61. The minimum absolute atomic E-state index is 0.167. The van der Waals surface area contributed by atoms with Crippen LogP contribution < -0.4 is 10.3 Å². The van der Waals surface area contributed by atoms with Crippen LogP contribution in [0.2, 0.25) is 5.02 Å². The van der Waals surface area contributed by atoms with Crippen molar-refractivity contribution in [1.82, 2.24) is 14.8 Å². The summed E-state index contributed by atoms with van der Waals surface area (Å²) in [5.41, 5.74) is 0.436. The zero-order valence-corrected chi connectivity index (χ0v) is 10.1. The molecule has 0 spiro atoms. The summed E-state index contributed by atoms with van der Waals surface area (Å²) in [6.07, 6.45) is 0. The molecule has 6 heteroatoms. The molecule has 0 fully saturated rings. The van der Waals surface area contributed by atoms with Gasteiger partial charge in [0.05, 0.1) is 7.11 Å². The molecule has 17 heavy (non-hydrogen) atoms. The van der Waals surface area contributed by atoms with E-state index in [0.29, 0.717) is 10.6 Å². The summed E-state index contributed by atoms with van der Waals surface area (Å²) in [5, 5.41) is 4.66. The van der Waals surface area contributed by atoms with Crippen LogP contribution in [-0.4, -0.2) is 21.9 Å². The maximum absolute atomic E-state index is 11.8. The van der Waals surface area contributed by atoms with Gasteiger partial charge in [-0.3, -0.25) is 4.79 Å². The normalized spacial score (nSPS) is 10.3. The van der Waals surface area contributed by atoms with Gasteiger partial charge in [0.1, 0.15) is 0 Å². The molecule has 0 bridgehead atoms. The van der Waals surface area contributed by atoms with Crippen LogP contribution >= 0.6 is 11.6 Å². The molecule has 0 aliphatic carbocycles.